The maximum Gasteiger partial charge on any atom is 0.167 e. The molecule has 0 bridgehead atoms. The van der Waals surface area contributed by atoms with Crippen molar-refractivity contribution in [3.05, 3.63) is 158 Å². The number of para-hydroxylation sites is 1. The fourth-order valence-electron chi connectivity index (χ4n) is 6.71. The first-order valence-electron chi connectivity index (χ1n) is 16.5. The van der Waals surface area contributed by atoms with Gasteiger partial charge in [-0.15, -0.1) is 11.3 Å². The van der Waals surface area contributed by atoms with Crippen LogP contribution in [0, 0.1) is 0 Å². The Morgan fingerprint density at radius 2 is 1.02 bits per heavy atom. The van der Waals surface area contributed by atoms with Crippen molar-refractivity contribution < 1.29 is 4.42 Å². The Labute approximate surface area is 291 Å². The summed E-state index contributed by atoms with van der Waals surface area (Å²) in [6, 6.07) is 54.0. The molecule has 5 nitrogen and oxygen atoms in total. The van der Waals surface area contributed by atoms with E-state index in [2.05, 4.69) is 115 Å². The van der Waals surface area contributed by atoms with Crippen molar-refractivity contribution >= 4 is 54.3 Å². The molecule has 0 radical (unpaired) electrons. The van der Waals surface area contributed by atoms with Crippen LogP contribution >= 0.6 is 11.3 Å². The smallest absolute Gasteiger partial charge is 0.167 e. The summed E-state index contributed by atoms with van der Waals surface area (Å²) in [5, 5.41) is 5.15. The van der Waals surface area contributed by atoms with Gasteiger partial charge in [0, 0.05) is 33.5 Å². The number of aromatic nitrogens is 4. The molecular formula is C44H26N4OS. The lowest BCUT2D eigenvalue weighted by molar-refractivity contribution is 0.669. The minimum atomic E-state index is 0.553. The molecule has 50 heavy (non-hydrogen) atoms. The van der Waals surface area contributed by atoms with Gasteiger partial charge in [-0.1, -0.05) is 140 Å². The van der Waals surface area contributed by atoms with Gasteiger partial charge in [-0.2, -0.15) is 0 Å². The molecule has 10 rings (SSSR count). The summed E-state index contributed by atoms with van der Waals surface area (Å²) < 4.78 is 7.48. The molecule has 0 unspecified atom stereocenters. The van der Waals surface area contributed by atoms with Gasteiger partial charge in [0.25, 0.3) is 0 Å². The first-order valence-corrected chi connectivity index (χ1v) is 17.3. The van der Waals surface area contributed by atoms with Crippen molar-refractivity contribution in [1.82, 2.24) is 19.9 Å². The molecule has 6 heteroatoms. The Morgan fingerprint density at radius 1 is 0.420 bits per heavy atom. The van der Waals surface area contributed by atoms with E-state index in [-0.39, 0.29) is 0 Å². The second-order valence-corrected chi connectivity index (χ2v) is 13.3. The van der Waals surface area contributed by atoms with Crippen LogP contribution in [0.4, 0.5) is 0 Å². The third-order valence-corrected chi connectivity index (χ3v) is 10.2. The number of fused-ring (bicyclic) bond motifs is 5. The molecule has 0 spiro atoms. The number of rotatable bonds is 5. The predicted molar refractivity (Wildman–Crippen MR) is 205 cm³/mol. The van der Waals surface area contributed by atoms with Gasteiger partial charge in [-0.25, -0.2) is 19.9 Å². The van der Waals surface area contributed by atoms with E-state index in [4.69, 9.17) is 24.4 Å². The fraction of sp³-hybridized carbons (Fsp3) is 0. The number of nitrogens with zero attached hydrogens (tertiary/aromatic N) is 4. The van der Waals surface area contributed by atoms with Crippen LogP contribution < -0.4 is 0 Å². The first-order chi connectivity index (χ1) is 24.7. The van der Waals surface area contributed by atoms with Gasteiger partial charge in [0.05, 0.1) is 15.8 Å². The first kappa shape index (κ1) is 28.5. The van der Waals surface area contributed by atoms with E-state index in [1.807, 2.05) is 42.5 Å². The van der Waals surface area contributed by atoms with E-state index in [1.54, 1.807) is 11.3 Å². The minimum Gasteiger partial charge on any atom is -0.456 e. The van der Waals surface area contributed by atoms with E-state index in [1.165, 1.54) is 0 Å². The molecule has 0 aliphatic carbocycles. The second-order valence-electron chi connectivity index (χ2n) is 12.3. The third kappa shape index (κ3) is 4.85. The molecule has 0 saturated heterocycles. The maximum atomic E-state index is 6.48. The summed E-state index contributed by atoms with van der Waals surface area (Å²) in [7, 11) is 0. The van der Waals surface area contributed by atoms with Crippen molar-refractivity contribution in [2.24, 2.45) is 0 Å². The Kier molecular flexibility index (Phi) is 6.60. The normalized spacial score (nSPS) is 11.6. The number of furan rings is 1. The van der Waals surface area contributed by atoms with Gasteiger partial charge >= 0.3 is 0 Å². The highest BCUT2D eigenvalue weighted by Crippen LogP contribution is 2.44. The lowest BCUT2D eigenvalue weighted by Gasteiger charge is -2.11. The van der Waals surface area contributed by atoms with Crippen LogP contribution in [0.3, 0.4) is 0 Å². The SMILES string of the molecule is c1ccc(-c2ccc(-c3nc(-c4ccc5ccccc5c4)nc(-c4c5nc(-c6ccccc6)sc5cc5oc6ccccc6c45)n3)cc2)cc1. The highest BCUT2D eigenvalue weighted by Gasteiger charge is 2.23. The van der Waals surface area contributed by atoms with Gasteiger partial charge in [0.15, 0.2) is 17.5 Å². The summed E-state index contributed by atoms with van der Waals surface area (Å²) in [4.78, 5) is 20.8. The molecule has 7 aromatic carbocycles. The molecule has 3 heterocycles. The molecule has 0 amide bonds. The standard InChI is InChI=1S/C44H26N4OS/c1-3-11-27(12-4-1)29-19-22-30(23-20-29)41-46-42(33-24-21-28-13-7-8-16-32(28)25-33)48-43(47-41)39-38-34-17-9-10-18-35(34)49-36(38)26-37-40(39)45-44(50-37)31-14-5-2-6-15-31/h1-26H. The zero-order valence-electron chi connectivity index (χ0n) is 26.6. The topological polar surface area (TPSA) is 64.7 Å². The number of hydrogen-bond donors (Lipinski definition) is 0. The monoisotopic (exact) mass is 658 g/mol. The number of thiazole rings is 1. The maximum absolute atomic E-state index is 6.48. The molecule has 0 aliphatic heterocycles. The van der Waals surface area contributed by atoms with Crippen LogP contribution in [-0.2, 0) is 0 Å². The summed E-state index contributed by atoms with van der Waals surface area (Å²) in [5.41, 5.74) is 8.44. The average molecular weight is 659 g/mol. The highest BCUT2D eigenvalue weighted by molar-refractivity contribution is 7.21. The van der Waals surface area contributed by atoms with E-state index in [0.717, 1.165) is 81.3 Å². The van der Waals surface area contributed by atoms with Gasteiger partial charge in [0.2, 0.25) is 0 Å². The quantitative estimate of drug-likeness (QED) is 0.184. The lowest BCUT2D eigenvalue weighted by atomic mass is 10.0. The van der Waals surface area contributed by atoms with Gasteiger partial charge in [-0.3, -0.25) is 0 Å². The molecule has 0 saturated carbocycles. The average Bonchev–Trinajstić information content (AvgIpc) is 3.79. The van der Waals surface area contributed by atoms with Crippen LogP contribution in [0.5, 0.6) is 0 Å². The lowest BCUT2D eigenvalue weighted by Crippen LogP contribution is -2.01. The van der Waals surface area contributed by atoms with Crippen molar-refractivity contribution in [3.63, 3.8) is 0 Å². The van der Waals surface area contributed by atoms with Gasteiger partial charge < -0.3 is 4.42 Å². The molecule has 0 N–H and O–H groups in total. The Balaban J connectivity index is 1.25. The fourth-order valence-corrected chi connectivity index (χ4v) is 7.72. The van der Waals surface area contributed by atoms with Crippen molar-refractivity contribution in [1.29, 1.82) is 0 Å². The Morgan fingerprint density at radius 3 is 1.82 bits per heavy atom. The van der Waals surface area contributed by atoms with Crippen molar-refractivity contribution in [2.45, 2.75) is 0 Å². The number of benzene rings is 7. The predicted octanol–water partition coefficient (Wildman–Crippen LogP) is 11.9. The van der Waals surface area contributed by atoms with Crippen LogP contribution in [0.1, 0.15) is 0 Å². The molecular weight excluding hydrogens is 633 g/mol. The zero-order valence-corrected chi connectivity index (χ0v) is 27.4. The summed E-state index contributed by atoms with van der Waals surface area (Å²) in [6.07, 6.45) is 0. The van der Waals surface area contributed by atoms with Crippen molar-refractivity contribution in [2.75, 3.05) is 0 Å². The molecule has 0 aliphatic rings. The van der Waals surface area contributed by atoms with E-state index >= 15 is 0 Å². The molecule has 3 aromatic heterocycles. The van der Waals surface area contributed by atoms with Gasteiger partial charge in [0.1, 0.15) is 16.2 Å². The van der Waals surface area contributed by atoms with Crippen LogP contribution in [0.25, 0.3) is 98.8 Å². The summed E-state index contributed by atoms with van der Waals surface area (Å²) in [5.74, 6) is 1.74. The molecule has 10 aromatic rings. The van der Waals surface area contributed by atoms with E-state index in [0.29, 0.717) is 17.5 Å². The third-order valence-electron chi connectivity index (χ3n) is 9.16. The molecule has 234 valence electrons. The summed E-state index contributed by atoms with van der Waals surface area (Å²) in [6.45, 7) is 0. The largest absolute Gasteiger partial charge is 0.456 e. The van der Waals surface area contributed by atoms with E-state index in [9.17, 15) is 0 Å². The van der Waals surface area contributed by atoms with Gasteiger partial charge in [-0.05, 0) is 34.0 Å². The van der Waals surface area contributed by atoms with Crippen molar-refractivity contribution in [3.8, 4) is 55.9 Å². The summed E-state index contributed by atoms with van der Waals surface area (Å²) >= 11 is 1.64. The molecule has 0 atom stereocenters. The van der Waals surface area contributed by atoms with E-state index < -0.39 is 0 Å². The van der Waals surface area contributed by atoms with Crippen LogP contribution in [0.2, 0.25) is 0 Å². The highest BCUT2D eigenvalue weighted by atomic mass is 32.1. The second kappa shape index (κ2) is 11.6. The molecule has 0 fully saturated rings. The number of hydrogen-bond acceptors (Lipinski definition) is 6. The zero-order chi connectivity index (χ0) is 33.0. The minimum absolute atomic E-state index is 0.553. The van der Waals surface area contributed by atoms with Crippen LogP contribution in [-0.4, -0.2) is 19.9 Å². The Hall–Kier alpha value is -6.50. The van der Waals surface area contributed by atoms with Crippen LogP contribution in [0.15, 0.2) is 162 Å². The Bertz CT molecular complexity index is 2860.